The fourth-order valence-corrected chi connectivity index (χ4v) is 11.5. The number of fused-ring (bicyclic) bond motifs is 3. The molecule has 2 heterocycles. The summed E-state index contributed by atoms with van der Waals surface area (Å²) in [6.07, 6.45) is 6.77. The Bertz CT molecular complexity index is 702. The average Bonchev–Trinajstić information content (AvgIpc) is 3.10. The van der Waals surface area contributed by atoms with E-state index in [4.69, 9.17) is 0 Å². The summed E-state index contributed by atoms with van der Waals surface area (Å²) in [5.41, 5.74) is 3.57. The molecule has 0 aromatic carbocycles. The topological polar surface area (TPSA) is 0 Å². The van der Waals surface area contributed by atoms with E-state index in [-0.39, 0.29) is 5.41 Å². The fraction of sp³-hybridized carbons (Fsp3) is 0.600. The van der Waals surface area contributed by atoms with Crippen LogP contribution in [0.3, 0.4) is 0 Å². The number of unbranched alkanes of at least 4 members (excludes halogenated alkanes) is 3. The summed E-state index contributed by atoms with van der Waals surface area (Å²) >= 11 is 2.18. The van der Waals surface area contributed by atoms with Crippen LogP contribution in [0.5, 0.6) is 0 Å². The summed E-state index contributed by atoms with van der Waals surface area (Å²) in [4.78, 5) is 12.4. The second-order valence-electron chi connectivity index (χ2n) is 8.35. The van der Waals surface area contributed by atoms with Gasteiger partial charge in [-0.1, -0.05) is 0 Å². The van der Waals surface area contributed by atoms with Gasteiger partial charge in [0, 0.05) is 0 Å². The molecule has 3 heteroatoms. The Morgan fingerprint density at radius 1 is 0.957 bits per heavy atom. The van der Waals surface area contributed by atoms with Crippen molar-refractivity contribution in [1.29, 1.82) is 0 Å². The molecule has 2 aromatic rings. The number of rotatable bonds is 6. The normalized spacial score (nSPS) is 19.9. The van der Waals surface area contributed by atoms with Crippen LogP contribution in [0, 0.1) is 6.92 Å². The third-order valence-electron chi connectivity index (χ3n) is 5.25. The van der Waals surface area contributed by atoms with Gasteiger partial charge in [0.1, 0.15) is 0 Å². The Kier molecular flexibility index (Phi) is 5.08. The molecule has 0 nitrogen and oxygen atoms in total. The first kappa shape index (κ1) is 18.0. The van der Waals surface area contributed by atoms with E-state index in [2.05, 4.69) is 59.1 Å². The summed E-state index contributed by atoms with van der Waals surface area (Å²) < 4.78 is 1.75. The molecule has 2 aromatic heterocycles. The van der Waals surface area contributed by atoms with Gasteiger partial charge in [0.2, 0.25) is 0 Å². The third kappa shape index (κ3) is 3.20. The van der Waals surface area contributed by atoms with Crippen LogP contribution in [0.25, 0.3) is 9.75 Å². The number of aryl methyl sites for hydroxylation is 1. The molecule has 1 unspecified atom stereocenters. The Hall–Kier alpha value is 0.199. The van der Waals surface area contributed by atoms with E-state index in [0.29, 0.717) is 0 Å². The molecule has 0 amide bonds. The quantitative estimate of drug-likeness (QED) is 0.329. The van der Waals surface area contributed by atoms with E-state index >= 15 is 0 Å². The predicted octanol–water partition coefficient (Wildman–Crippen LogP) is 6.92. The zero-order chi connectivity index (χ0) is 16.8. The SMILES string of the molecule is CCCCCCC1(C)c2cc(C)sc2-c2s[c]([Sn]([CH3])([CH3])[CH3])cc21. The van der Waals surface area contributed by atoms with Gasteiger partial charge in [-0.2, -0.15) is 0 Å². The van der Waals surface area contributed by atoms with Gasteiger partial charge in [-0.05, 0) is 0 Å². The number of hydrogen-bond acceptors (Lipinski definition) is 2. The van der Waals surface area contributed by atoms with E-state index in [9.17, 15) is 0 Å². The van der Waals surface area contributed by atoms with Crippen molar-refractivity contribution in [3.8, 4) is 9.75 Å². The van der Waals surface area contributed by atoms with Crippen LogP contribution in [0.2, 0.25) is 14.8 Å². The first-order valence-corrected chi connectivity index (χ1v) is 20.7. The van der Waals surface area contributed by atoms with Gasteiger partial charge in [0.05, 0.1) is 0 Å². The van der Waals surface area contributed by atoms with E-state index in [1.165, 1.54) is 37.0 Å². The predicted molar refractivity (Wildman–Crippen MR) is 111 cm³/mol. The van der Waals surface area contributed by atoms with Crippen molar-refractivity contribution >= 4 is 43.9 Å². The maximum atomic E-state index is 2.62. The molecule has 23 heavy (non-hydrogen) atoms. The van der Waals surface area contributed by atoms with Gasteiger partial charge < -0.3 is 0 Å². The van der Waals surface area contributed by atoms with Crippen molar-refractivity contribution in [3.05, 3.63) is 28.1 Å². The molecule has 1 atom stereocenters. The van der Waals surface area contributed by atoms with Gasteiger partial charge in [-0.15, -0.1) is 0 Å². The van der Waals surface area contributed by atoms with Crippen LogP contribution in [-0.2, 0) is 5.41 Å². The zero-order valence-electron chi connectivity index (χ0n) is 15.5. The van der Waals surface area contributed by atoms with Crippen molar-refractivity contribution in [2.45, 2.75) is 73.1 Å². The van der Waals surface area contributed by atoms with E-state index in [0.717, 1.165) is 0 Å². The van der Waals surface area contributed by atoms with Crippen LogP contribution < -0.4 is 2.89 Å². The van der Waals surface area contributed by atoms with Crippen molar-refractivity contribution in [2.24, 2.45) is 0 Å². The molecule has 0 fully saturated rings. The van der Waals surface area contributed by atoms with Gasteiger partial charge >= 0.3 is 155 Å². The molecule has 1 aliphatic rings. The fourth-order valence-electron chi connectivity index (χ4n) is 3.75. The van der Waals surface area contributed by atoms with Crippen LogP contribution in [0.1, 0.15) is 62.0 Å². The summed E-state index contributed by atoms with van der Waals surface area (Å²) in [6.45, 7) is 7.10. The summed E-state index contributed by atoms with van der Waals surface area (Å²) in [7, 11) is 0. The molecule has 0 spiro atoms. The molecule has 1 aliphatic carbocycles. The van der Waals surface area contributed by atoms with Crippen LogP contribution in [0.15, 0.2) is 12.1 Å². The minimum absolute atomic E-state index is 0.273. The van der Waals surface area contributed by atoms with Gasteiger partial charge in [-0.3, -0.25) is 0 Å². The Balaban J connectivity index is 2.01. The maximum absolute atomic E-state index is 2.62. The molecule has 0 bridgehead atoms. The molecular weight excluding hydrogens is 423 g/mol. The van der Waals surface area contributed by atoms with E-state index < -0.39 is 18.4 Å². The molecule has 3 rings (SSSR count). The second-order valence-corrected chi connectivity index (χ2v) is 26.1. The Morgan fingerprint density at radius 3 is 2.26 bits per heavy atom. The summed E-state index contributed by atoms with van der Waals surface area (Å²) in [5, 5.41) is 0. The standard InChI is InChI=1S/C17H21S2.3CH3.Sn/c1-4-5-6-7-9-17(3)13-8-10-18-15(13)16-14(17)11-12(2)19-16;;;;/h8,11H,4-7,9H2,1-3H3;3*1H3;. The van der Waals surface area contributed by atoms with Gasteiger partial charge in [-0.25, -0.2) is 0 Å². The second kappa shape index (κ2) is 6.49. The Labute approximate surface area is 154 Å². The molecule has 0 saturated heterocycles. The first-order chi connectivity index (χ1) is 10.8. The first-order valence-electron chi connectivity index (χ1n) is 9.03. The number of hydrogen-bond donors (Lipinski definition) is 0. The minimum atomic E-state index is -1.98. The van der Waals surface area contributed by atoms with Crippen molar-refractivity contribution in [3.63, 3.8) is 0 Å². The van der Waals surface area contributed by atoms with Gasteiger partial charge in [0.15, 0.2) is 0 Å². The van der Waals surface area contributed by atoms with Crippen LogP contribution >= 0.6 is 22.7 Å². The molecule has 0 saturated carbocycles. The molecule has 126 valence electrons. The van der Waals surface area contributed by atoms with Gasteiger partial charge in [0.25, 0.3) is 0 Å². The van der Waals surface area contributed by atoms with Crippen LogP contribution in [0.4, 0.5) is 0 Å². The van der Waals surface area contributed by atoms with Crippen molar-refractivity contribution in [1.82, 2.24) is 0 Å². The average molecular weight is 453 g/mol. The summed E-state index contributed by atoms with van der Waals surface area (Å²) in [6, 6.07) is 5.10. The van der Waals surface area contributed by atoms with Crippen molar-refractivity contribution < 1.29 is 0 Å². The molecular formula is C20H30S2Sn. The van der Waals surface area contributed by atoms with E-state index in [1.807, 2.05) is 11.3 Å². The Morgan fingerprint density at radius 2 is 1.61 bits per heavy atom. The molecule has 0 N–H and O–H groups in total. The molecule has 0 radical (unpaired) electrons. The van der Waals surface area contributed by atoms with E-state index in [1.54, 1.807) is 23.8 Å². The summed E-state index contributed by atoms with van der Waals surface area (Å²) in [5.74, 6) is 0. The number of thiophene rings is 2. The third-order valence-corrected chi connectivity index (χ3v) is 17.0. The van der Waals surface area contributed by atoms with Crippen LogP contribution in [-0.4, -0.2) is 18.4 Å². The monoisotopic (exact) mass is 454 g/mol. The zero-order valence-corrected chi connectivity index (χ0v) is 20.0. The van der Waals surface area contributed by atoms with Crippen molar-refractivity contribution in [2.75, 3.05) is 0 Å². The molecule has 0 aliphatic heterocycles.